The van der Waals surface area contributed by atoms with Crippen molar-refractivity contribution in [3.63, 3.8) is 0 Å². The molecule has 1 fully saturated rings. The zero-order valence-corrected chi connectivity index (χ0v) is 17.2. The molecule has 3 rings (SSSR count). The Balaban J connectivity index is 1.75. The quantitative estimate of drug-likeness (QED) is 0.477. The lowest BCUT2D eigenvalue weighted by Gasteiger charge is -2.14. The largest absolute Gasteiger partial charge is 0.293 e. The van der Waals surface area contributed by atoms with Gasteiger partial charge < -0.3 is 0 Å². The molecule has 7 heteroatoms. The number of allylic oxidation sites excluding steroid dienone is 2. The monoisotopic (exact) mass is 467 g/mol. The van der Waals surface area contributed by atoms with Crippen LogP contribution in [0.5, 0.6) is 0 Å². The van der Waals surface area contributed by atoms with Crippen molar-refractivity contribution < 1.29 is 9.59 Å². The number of carbonyl (C=O) groups excluding carboxylic acids is 2. The molecule has 0 N–H and O–H groups in total. The maximum atomic E-state index is 12.5. The third-order valence-electron chi connectivity index (χ3n) is 3.66. The normalized spacial score (nSPS) is 16.3. The van der Waals surface area contributed by atoms with Crippen molar-refractivity contribution >= 4 is 68.1 Å². The van der Waals surface area contributed by atoms with Crippen molar-refractivity contribution in [2.45, 2.75) is 6.54 Å². The molecule has 0 saturated carbocycles. The number of nitrogens with zero attached hydrogens (tertiary/aromatic N) is 1. The predicted octanol–water partition coefficient (Wildman–Crippen LogP) is 6.55. The summed E-state index contributed by atoms with van der Waals surface area (Å²) in [4.78, 5) is 26.2. The van der Waals surface area contributed by atoms with E-state index in [2.05, 4.69) is 15.9 Å². The van der Waals surface area contributed by atoms with E-state index in [1.807, 2.05) is 30.3 Å². The lowest BCUT2D eigenvalue weighted by Crippen LogP contribution is -2.27. The summed E-state index contributed by atoms with van der Waals surface area (Å²) in [7, 11) is 0. The molecule has 26 heavy (non-hydrogen) atoms. The highest BCUT2D eigenvalue weighted by Gasteiger charge is 2.35. The zero-order valence-electron chi connectivity index (χ0n) is 13.3. The van der Waals surface area contributed by atoms with Gasteiger partial charge >= 0.3 is 0 Å². The van der Waals surface area contributed by atoms with E-state index in [0.717, 1.165) is 26.7 Å². The van der Waals surface area contributed by atoms with E-state index in [9.17, 15) is 9.59 Å². The van der Waals surface area contributed by atoms with E-state index in [1.165, 1.54) is 0 Å². The topological polar surface area (TPSA) is 37.4 Å². The molecule has 1 heterocycles. The maximum absolute atomic E-state index is 12.5. The molecule has 2 amide bonds. The van der Waals surface area contributed by atoms with Gasteiger partial charge in [0.2, 0.25) is 0 Å². The number of rotatable bonds is 4. The minimum atomic E-state index is -0.351. The van der Waals surface area contributed by atoms with Crippen molar-refractivity contribution in [1.82, 2.24) is 4.90 Å². The summed E-state index contributed by atoms with van der Waals surface area (Å²) in [5, 5.41) is 0.514. The summed E-state index contributed by atoms with van der Waals surface area (Å²) >= 11 is 16.5. The summed E-state index contributed by atoms with van der Waals surface area (Å²) in [5.74, 6) is -0.351. The third kappa shape index (κ3) is 4.41. The van der Waals surface area contributed by atoms with Crippen LogP contribution in [-0.4, -0.2) is 16.0 Å². The Morgan fingerprint density at radius 1 is 1.04 bits per heavy atom. The lowest BCUT2D eigenvalue weighted by atomic mass is 10.2. The minimum absolute atomic E-state index is 0.0525. The molecule has 1 aliphatic rings. The van der Waals surface area contributed by atoms with E-state index in [4.69, 9.17) is 23.2 Å². The lowest BCUT2D eigenvalue weighted by molar-refractivity contribution is -0.123. The Morgan fingerprint density at radius 3 is 2.35 bits per heavy atom. The molecular formula is C19H12BrCl2NO2S. The Hall–Kier alpha value is -1.53. The molecule has 0 atom stereocenters. The van der Waals surface area contributed by atoms with Crippen molar-refractivity contribution in [1.29, 1.82) is 0 Å². The number of imide groups is 1. The van der Waals surface area contributed by atoms with Gasteiger partial charge in [0.15, 0.2) is 0 Å². The van der Waals surface area contributed by atoms with Gasteiger partial charge in [0.05, 0.1) is 11.4 Å². The van der Waals surface area contributed by atoms with Gasteiger partial charge in [-0.1, -0.05) is 69.5 Å². The average Bonchev–Trinajstić information content (AvgIpc) is 2.87. The first-order valence-electron chi connectivity index (χ1n) is 7.56. The number of thioether (sulfide) groups is 1. The van der Waals surface area contributed by atoms with Crippen LogP contribution in [0.15, 0.2) is 64.0 Å². The van der Waals surface area contributed by atoms with Crippen LogP contribution in [0.1, 0.15) is 11.1 Å². The average molecular weight is 469 g/mol. The van der Waals surface area contributed by atoms with Crippen LogP contribution in [-0.2, 0) is 11.3 Å². The molecule has 0 radical (unpaired) electrons. The molecule has 2 aromatic rings. The molecule has 3 nitrogen and oxygen atoms in total. The first-order valence-corrected chi connectivity index (χ1v) is 9.93. The van der Waals surface area contributed by atoms with Gasteiger partial charge in [0, 0.05) is 20.1 Å². The van der Waals surface area contributed by atoms with Gasteiger partial charge in [0.25, 0.3) is 11.1 Å². The third-order valence-corrected chi connectivity index (χ3v) is 5.82. The summed E-state index contributed by atoms with van der Waals surface area (Å²) < 4.78 is 0.994. The van der Waals surface area contributed by atoms with Gasteiger partial charge in [-0.25, -0.2) is 0 Å². The van der Waals surface area contributed by atoms with Crippen molar-refractivity contribution in [3.05, 3.63) is 85.2 Å². The molecule has 2 aromatic carbocycles. The highest BCUT2D eigenvalue weighted by Crippen LogP contribution is 2.34. The number of hydrogen-bond donors (Lipinski definition) is 0. The van der Waals surface area contributed by atoms with E-state index in [1.54, 1.807) is 30.4 Å². The molecule has 1 saturated heterocycles. The Bertz CT molecular complexity index is 905. The zero-order chi connectivity index (χ0) is 18.7. The SMILES string of the molecule is O=C1S/C(=C\C=C\c2ccc(Br)cc2)C(=O)N1Cc1c(Cl)cccc1Cl. The van der Waals surface area contributed by atoms with E-state index in [-0.39, 0.29) is 17.7 Å². The molecule has 0 aromatic heterocycles. The second kappa shape index (κ2) is 8.44. The second-order valence-corrected chi connectivity index (χ2v) is 8.12. The van der Waals surface area contributed by atoms with Crippen LogP contribution < -0.4 is 0 Å². The van der Waals surface area contributed by atoms with Gasteiger partial charge in [-0.2, -0.15) is 0 Å². The second-order valence-electron chi connectivity index (χ2n) is 5.40. The number of hydrogen-bond acceptors (Lipinski definition) is 3. The minimum Gasteiger partial charge on any atom is -0.268 e. The molecule has 0 aliphatic carbocycles. The summed E-state index contributed by atoms with van der Waals surface area (Å²) in [6.07, 6.45) is 5.26. The van der Waals surface area contributed by atoms with Crippen molar-refractivity contribution in [2.75, 3.05) is 0 Å². The van der Waals surface area contributed by atoms with Crippen molar-refractivity contribution in [2.24, 2.45) is 0 Å². The molecule has 0 unspecified atom stereocenters. The highest BCUT2D eigenvalue weighted by atomic mass is 79.9. The van der Waals surface area contributed by atoms with Gasteiger partial charge in [-0.15, -0.1) is 0 Å². The highest BCUT2D eigenvalue weighted by molar-refractivity contribution is 9.10. The summed E-state index contributed by atoms with van der Waals surface area (Å²) in [5.41, 5.74) is 1.55. The number of carbonyl (C=O) groups is 2. The van der Waals surface area contributed by atoms with E-state index < -0.39 is 0 Å². The van der Waals surface area contributed by atoms with Crippen LogP contribution >= 0.6 is 50.9 Å². The van der Waals surface area contributed by atoms with Crippen LogP contribution in [0.4, 0.5) is 4.79 Å². The van der Waals surface area contributed by atoms with Gasteiger partial charge in [-0.3, -0.25) is 14.5 Å². The van der Waals surface area contributed by atoms with Gasteiger partial charge in [-0.05, 0) is 47.7 Å². The van der Waals surface area contributed by atoms with Crippen molar-refractivity contribution in [3.8, 4) is 0 Å². The molecule has 0 bridgehead atoms. The Kier molecular flexibility index (Phi) is 6.24. The van der Waals surface area contributed by atoms with E-state index >= 15 is 0 Å². The Morgan fingerprint density at radius 2 is 1.69 bits per heavy atom. The number of halogens is 3. The Labute approximate surface area is 173 Å². The molecular weight excluding hydrogens is 457 g/mol. The van der Waals surface area contributed by atoms with Crippen LogP contribution in [0.25, 0.3) is 6.08 Å². The molecule has 0 spiro atoms. The summed E-state index contributed by atoms with van der Waals surface area (Å²) in [6, 6.07) is 12.8. The number of benzene rings is 2. The van der Waals surface area contributed by atoms with Crippen LogP contribution in [0.2, 0.25) is 10.0 Å². The van der Waals surface area contributed by atoms with Gasteiger partial charge in [0.1, 0.15) is 0 Å². The molecule has 1 aliphatic heterocycles. The molecule has 132 valence electrons. The maximum Gasteiger partial charge on any atom is 0.293 e. The van der Waals surface area contributed by atoms with Crippen LogP contribution in [0.3, 0.4) is 0 Å². The summed E-state index contributed by atoms with van der Waals surface area (Å²) in [6.45, 7) is 0.0525. The predicted molar refractivity (Wildman–Crippen MR) is 111 cm³/mol. The van der Waals surface area contributed by atoms with E-state index in [0.29, 0.717) is 20.5 Å². The first-order chi connectivity index (χ1) is 12.5. The fourth-order valence-electron chi connectivity index (χ4n) is 2.31. The fraction of sp³-hybridized carbons (Fsp3) is 0.0526. The first kappa shape index (κ1) is 19.2. The van der Waals surface area contributed by atoms with Crippen LogP contribution in [0, 0.1) is 0 Å². The smallest absolute Gasteiger partial charge is 0.268 e. The standard InChI is InChI=1S/C19H12BrCl2NO2S/c20-13-9-7-12(8-10-13)3-1-6-17-18(24)23(19(25)26-17)11-14-15(21)4-2-5-16(14)22/h1-10H,11H2/b3-1+,17-6-. The fourth-order valence-corrected chi connectivity index (χ4v) is 3.88. The number of amides is 2.